The van der Waals surface area contributed by atoms with Crippen LogP contribution in [0.3, 0.4) is 0 Å². The molecule has 1 aliphatic heterocycles. The first-order valence-corrected chi connectivity index (χ1v) is 5.49. The highest BCUT2D eigenvalue weighted by molar-refractivity contribution is 5.38. The van der Waals surface area contributed by atoms with E-state index >= 15 is 0 Å². The molecule has 1 unspecified atom stereocenters. The van der Waals surface area contributed by atoms with Gasteiger partial charge in [0, 0.05) is 11.6 Å². The van der Waals surface area contributed by atoms with Crippen LogP contribution in [0.4, 0.5) is 8.78 Å². The molecule has 0 aromatic heterocycles. The van der Waals surface area contributed by atoms with E-state index < -0.39 is 11.6 Å². The molecule has 1 aromatic carbocycles. The van der Waals surface area contributed by atoms with E-state index in [0.717, 1.165) is 31.9 Å². The zero-order chi connectivity index (χ0) is 11.5. The van der Waals surface area contributed by atoms with Gasteiger partial charge in [0.2, 0.25) is 5.82 Å². The summed E-state index contributed by atoms with van der Waals surface area (Å²) in [5.41, 5.74) is 0.709. The van der Waals surface area contributed by atoms with Crippen LogP contribution in [0.1, 0.15) is 30.9 Å². The number of ether oxygens (including phenoxy) is 1. The number of hydrogen-bond acceptors (Lipinski definition) is 2. The highest BCUT2D eigenvalue weighted by Crippen LogP contribution is 2.33. The average Bonchev–Trinajstić information content (AvgIpc) is 2.33. The molecule has 0 radical (unpaired) electrons. The Morgan fingerprint density at radius 2 is 2.12 bits per heavy atom. The summed E-state index contributed by atoms with van der Waals surface area (Å²) in [5, 5.41) is 3.29. The summed E-state index contributed by atoms with van der Waals surface area (Å²) in [6.07, 6.45) is 3.16. The number of benzene rings is 1. The van der Waals surface area contributed by atoms with Gasteiger partial charge in [0.15, 0.2) is 11.6 Å². The zero-order valence-corrected chi connectivity index (χ0v) is 9.22. The topological polar surface area (TPSA) is 21.3 Å². The summed E-state index contributed by atoms with van der Waals surface area (Å²) in [7, 11) is 1.37. The highest BCUT2D eigenvalue weighted by atomic mass is 19.2. The third-order valence-electron chi connectivity index (χ3n) is 2.97. The van der Waals surface area contributed by atoms with E-state index in [9.17, 15) is 8.78 Å². The zero-order valence-electron chi connectivity index (χ0n) is 9.22. The molecule has 4 heteroatoms. The Morgan fingerprint density at radius 1 is 1.31 bits per heavy atom. The van der Waals surface area contributed by atoms with Gasteiger partial charge in [0.1, 0.15) is 0 Å². The lowest BCUT2D eigenvalue weighted by atomic mass is 9.96. The van der Waals surface area contributed by atoms with Gasteiger partial charge in [-0.2, -0.15) is 4.39 Å². The first-order valence-electron chi connectivity index (χ1n) is 5.49. The van der Waals surface area contributed by atoms with Crippen molar-refractivity contribution >= 4 is 0 Å². The Balaban J connectivity index is 2.35. The Labute approximate surface area is 93.6 Å². The van der Waals surface area contributed by atoms with Gasteiger partial charge in [-0.05, 0) is 25.5 Å². The van der Waals surface area contributed by atoms with Gasteiger partial charge in [-0.25, -0.2) is 4.39 Å². The van der Waals surface area contributed by atoms with Crippen molar-refractivity contribution in [3.05, 3.63) is 29.3 Å². The smallest absolute Gasteiger partial charge is 0.200 e. The minimum absolute atomic E-state index is 0.0272. The van der Waals surface area contributed by atoms with Crippen molar-refractivity contribution in [2.75, 3.05) is 13.7 Å². The normalized spacial score (nSPS) is 20.8. The number of halogens is 2. The van der Waals surface area contributed by atoms with E-state index in [2.05, 4.69) is 5.32 Å². The van der Waals surface area contributed by atoms with Gasteiger partial charge in [0.05, 0.1) is 7.11 Å². The molecule has 1 saturated heterocycles. The fraction of sp³-hybridized carbons (Fsp3) is 0.500. The largest absolute Gasteiger partial charge is 0.493 e. The van der Waals surface area contributed by atoms with Crippen LogP contribution < -0.4 is 10.1 Å². The monoisotopic (exact) mass is 227 g/mol. The number of nitrogens with one attached hydrogen (secondary N) is 1. The minimum atomic E-state index is -0.896. The molecule has 0 amide bonds. The van der Waals surface area contributed by atoms with E-state index in [1.54, 1.807) is 6.07 Å². The molecule has 1 N–H and O–H groups in total. The molecular weight excluding hydrogens is 212 g/mol. The van der Waals surface area contributed by atoms with Gasteiger partial charge in [-0.3, -0.25) is 0 Å². The molecule has 0 aliphatic carbocycles. The maximum absolute atomic E-state index is 13.5. The molecule has 2 nitrogen and oxygen atoms in total. The van der Waals surface area contributed by atoms with E-state index in [1.165, 1.54) is 7.11 Å². The van der Waals surface area contributed by atoms with Gasteiger partial charge >= 0.3 is 0 Å². The Bertz CT molecular complexity index is 376. The molecule has 1 heterocycles. The molecular formula is C12H15F2NO. The van der Waals surface area contributed by atoms with Crippen molar-refractivity contribution in [1.29, 1.82) is 0 Å². The van der Waals surface area contributed by atoms with Gasteiger partial charge in [-0.1, -0.05) is 12.5 Å². The van der Waals surface area contributed by atoms with Crippen LogP contribution in [0.5, 0.6) is 5.75 Å². The molecule has 2 rings (SSSR count). The molecule has 16 heavy (non-hydrogen) atoms. The van der Waals surface area contributed by atoms with Crippen LogP contribution >= 0.6 is 0 Å². The van der Waals surface area contributed by atoms with Crippen molar-refractivity contribution in [2.45, 2.75) is 25.3 Å². The Morgan fingerprint density at radius 3 is 2.75 bits per heavy atom. The van der Waals surface area contributed by atoms with E-state index in [1.807, 2.05) is 0 Å². The second-order valence-electron chi connectivity index (χ2n) is 3.99. The lowest BCUT2D eigenvalue weighted by Crippen LogP contribution is -2.27. The number of rotatable bonds is 2. The van der Waals surface area contributed by atoms with Gasteiger partial charge < -0.3 is 10.1 Å². The van der Waals surface area contributed by atoms with Crippen LogP contribution in [0.25, 0.3) is 0 Å². The lowest BCUT2D eigenvalue weighted by Gasteiger charge is -2.25. The summed E-state index contributed by atoms with van der Waals surface area (Å²) in [5.74, 6) is -1.73. The van der Waals surface area contributed by atoms with Gasteiger partial charge in [0.25, 0.3) is 0 Å². The Kier molecular flexibility index (Phi) is 3.39. The molecule has 1 aliphatic rings. The van der Waals surface area contributed by atoms with Crippen molar-refractivity contribution in [3.63, 3.8) is 0 Å². The SMILES string of the molecule is COc1c(C2CCCCN2)ccc(F)c1F. The summed E-state index contributed by atoms with van der Waals surface area (Å²) in [4.78, 5) is 0. The predicted molar refractivity (Wildman–Crippen MR) is 57.5 cm³/mol. The molecule has 88 valence electrons. The van der Waals surface area contributed by atoms with Crippen molar-refractivity contribution < 1.29 is 13.5 Å². The fourth-order valence-corrected chi connectivity index (χ4v) is 2.15. The maximum atomic E-state index is 13.5. The first kappa shape index (κ1) is 11.3. The summed E-state index contributed by atoms with van der Waals surface area (Å²) in [6, 6.07) is 2.82. The summed E-state index contributed by atoms with van der Waals surface area (Å²) >= 11 is 0. The fourth-order valence-electron chi connectivity index (χ4n) is 2.15. The predicted octanol–water partition coefficient (Wildman–Crippen LogP) is 2.79. The number of piperidine rings is 1. The second kappa shape index (κ2) is 4.78. The number of methoxy groups -OCH3 is 1. The van der Waals surface area contributed by atoms with E-state index in [4.69, 9.17) is 4.74 Å². The second-order valence-corrected chi connectivity index (χ2v) is 3.99. The van der Waals surface area contributed by atoms with Crippen LogP contribution in [0.2, 0.25) is 0 Å². The lowest BCUT2D eigenvalue weighted by molar-refractivity contribution is 0.346. The molecule has 1 aromatic rings. The molecule has 0 spiro atoms. The standard InChI is InChI=1S/C12H15F2NO/c1-16-12-8(5-6-9(13)11(12)14)10-4-2-3-7-15-10/h5-6,10,15H,2-4,7H2,1H3. The van der Waals surface area contributed by atoms with Crippen LogP contribution in [-0.4, -0.2) is 13.7 Å². The first-order chi connectivity index (χ1) is 7.74. The molecule has 0 bridgehead atoms. The van der Waals surface area contributed by atoms with Crippen LogP contribution in [0.15, 0.2) is 12.1 Å². The molecule has 1 atom stereocenters. The number of hydrogen-bond donors (Lipinski definition) is 1. The molecule has 1 fully saturated rings. The highest BCUT2D eigenvalue weighted by Gasteiger charge is 2.22. The maximum Gasteiger partial charge on any atom is 0.200 e. The van der Waals surface area contributed by atoms with Crippen molar-refractivity contribution in [3.8, 4) is 5.75 Å². The quantitative estimate of drug-likeness (QED) is 0.838. The summed E-state index contributed by atoms with van der Waals surface area (Å²) in [6.45, 7) is 0.910. The van der Waals surface area contributed by atoms with Crippen LogP contribution in [-0.2, 0) is 0 Å². The third kappa shape index (κ3) is 2.02. The van der Waals surface area contributed by atoms with Crippen molar-refractivity contribution in [2.24, 2.45) is 0 Å². The minimum Gasteiger partial charge on any atom is -0.493 e. The van der Waals surface area contributed by atoms with Gasteiger partial charge in [-0.15, -0.1) is 0 Å². The third-order valence-corrected chi connectivity index (χ3v) is 2.97. The van der Waals surface area contributed by atoms with Crippen molar-refractivity contribution in [1.82, 2.24) is 5.32 Å². The average molecular weight is 227 g/mol. The van der Waals surface area contributed by atoms with E-state index in [0.29, 0.717) is 5.56 Å². The van der Waals surface area contributed by atoms with E-state index in [-0.39, 0.29) is 11.8 Å². The van der Waals surface area contributed by atoms with Crippen LogP contribution in [0, 0.1) is 11.6 Å². The summed E-state index contributed by atoms with van der Waals surface area (Å²) < 4.78 is 31.5. The Hall–Kier alpha value is -1.16. The molecule has 0 saturated carbocycles.